The molecule has 0 fully saturated rings. The number of carbonyl (C=O) groups is 2. The molecular weight excluding hydrogens is 277 g/mol. The van der Waals surface area contributed by atoms with E-state index in [1.165, 1.54) is 7.05 Å². The van der Waals surface area contributed by atoms with Crippen LogP contribution in [0.15, 0.2) is 0 Å². The molecule has 0 saturated heterocycles. The van der Waals surface area contributed by atoms with Gasteiger partial charge in [0.25, 0.3) is 5.91 Å². The SMILES string of the molecule is Cc1n[nH]c(C)c1C(=O)N(C)CC(=O)NCC(F)(F)F. The quantitative estimate of drug-likeness (QED) is 0.860. The fourth-order valence-electron chi connectivity index (χ4n) is 1.60. The van der Waals surface area contributed by atoms with E-state index in [4.69, 9.17) is 0 Å². The van der Waals surface area contributed by atoms with Crippen molar-refractivity contribution in [1.29, 1.82) is 0 Å². The first-order chi connectivity index (χ1) is 9.11. The Morgan fingerprint density at radius 3 is 2.40 bits per heavy atom. The third-order valence-electron chi connectivity index (χ3n) is 2.56. The van der Waals surface area contributed by atoms with E-state index in [9.17, 15) is 22.8 Å². The van der Waals surface area contributed by atoms with Crippen LogP contribution in [0.5, 0.6) is 0 Å². The lowest BCUT2D eigenvalue weighted by Gasteiger charge is -2.17. The van der Waals surface area contributed by atoms with Gasteiger partial charge in [-0.15, -0.1) is 0 Å². The Balaban J connectivity index is 2.61. The lowest BCUT2D eigenvalue weighted by molar-refractivity contribution is -0.138. The third kappa shape index (κ3) is 4.25. The maximum Gasteiger partial charge on any atom is 0.405 e. The number of H-pyrrole nitrogens is 1. The van der Waals surface area contributed by atoms with E-state index in [1.54, 1.807) is 19.2 Å². The van der Waals surface area contributed by atoms with Crippen LogP contribution < -0.4 is 5.32 Å². The Bertz CT molecular complexity index is 491. The number of amides is 2. The van der Waals surface area contributed by atoms with Gasteiger partial charge in [0.2, 0.25) is 5.91 Å². The molecule has 1 heterocycles. The van der Waals surface area contributed by atoms with Crippen molar-refractivity contribution in [1.82, 2.24) is 20.4 Å². The summed E-state index contributed by atoms with van der Waals surface area (Å²) in [5.41, 5.74) is 1.32. The van der Waals surface area contributed by atoms with Crippen LogP contribution in [0, 0.1) is 13.8 Å². The van der Waals surface area contributed by atoms with Crippen molar-refractivity contribution in [2.24, 2.45) is 0 Å². The topological polar surface area (TPSA) is 78.1 Å². The van der Waals surface area contributed by atoms with Gasteiger partial charge in [-0.2, -0.15) is 18.3 Å². The standard InChI is InChI=1S/C11H15F3N4O2/c1-6-9(7(2)17-16-6)10(20)18(3)4-8(19)15-5-11(12,13)14/h4-5H2,1-3H3,(H,15,19)(H,16,17). The zero-order valence-corrected chi connectivity index (χ0v) is 11.3. The molecule has 6 nitrogen and oxygen atoms in total. The second kappa shape index (κ2) is 5.93. The van der Waals surface area contributed by atoms with Gasteiger partial charge in [-0.25, -0.2) is 0 Å². The summed E-state index contributed by atoms with van der Waals surface area (Å²) in [6, 6.07) is 0. The molecule has 0 aromatic carbocycles. The van der Waals surface area contributed by atoms with Gasteiger partial charge in [0.15, 0.2) is 0 Å². The number of carbonyl (C=O) groups excluding carboxylic acids is 2. The van der Waals surface area contributed by atoms with Crippen LogP contribution in [-0.4, -0.2) is 53.2 Å². The number of rotatable bonds is 4. The highest BCUT2D eigenvalue weighted by atomic mass is 19.4. The number of alkyl halides is 3. The highest BCUT2D eigenvalue weighted by molar-refractivity contribution is 5.98. The minimum atomic E-state index is -4.48. The van der Waals surface area contributed by atoms with Crippen molar-refractivity contribution in [2.75, 3.05) is 20.1 Å². The molecule has 1 rings (SSSR count). The van der Waals surface area contributed by atoms with E-state index in [0.717, 1.165) is 4.90 Å². The number of aromatic amines is 1. The Morgan fingerprint density at radius 2 is 1.95 bits per heavy atom. The molecule has 0 aliphatic rings. The van der Waals surface area contributed by atoms with Crippen LogP contribution in [0.3, 0.4) is 0 Å². The number of likely N-dealkylation sites (N-methyl/N-ethyl adjacent to an activating group) is 1. The first kappa shape index (κ1) is 16.0. The summed E-state index contributed by atoms with van der Waals surface area (Å²) in [6.45, 7) is 1.38. The van der Waals surface area contributed by atoms with Crippen LogP contribution in [0.1, 0.15) is 21.7 Å². The summed E-state index contributed by atoms with van der Waals surface area (Å²) in [5, 5.41) is 8.17. The fraction of sp³-hybridized carbons (Fsp3) is 0.545. The van der Waals surface area contributed by atoms with Gasteiger partial charge in [-0.05, 0) is 13.8 Å². The molecule has 2 amide bonds. The Morgan fingerprint density at radius 1 is 1.35 bits per heavy atom. The lowest BCUT2D eigenvalue weighted by Crippen LogP contribution is -2.41. The highest BCUT2D eigenvalue weighted by Gasteiger charge is 2.28. The Labute approximate surface area is 113 Å². The first-order valence-electron chi connectivity index (χ1n) is 5.72. The summed E-state index contributed by atoms with van der Waals surface area (Å²) in [4.78, 5) is 24.4. The number of halogens is 3. The molecule has 1 aromatic rings. The number of nitrogens with one attached hydrogen (secondary N) is 2. The molecular formula is C11H15F3N4O2. The van der Waals surface area contributed by atoms with Crippen molar-refractivity contribution in [3.05, 3.63) is 17.0 Å². The van der Waals surface area contributed by atoms with Crippen LogP contribution in [0.2, 0.25) is 0 Å². The second-order valence-electron chi connectivity index (χ2n) is 4.36. The molecule has 0 unspecified atom stereocenters. The number of nitrogens with zero attached hydrogens (tertiary/aromatic N) is 2. The van der Waals surface area contributed by atoms with Gasteiger partial charge in [0.1, 0.15) is 6.54 Å². The molecule has 0 atom stereocenters. The van der Waals surface area contributed by atoms with E-state index in [0.29, 0.717) is 17.0 Å². The van der Waals surface area contributed by atoms with E-state index >= 15 is 0 Å². The van der Waals surface area contributed by atoms with Gasteiger partial charge in [-0.1, -0.05) is 0 Å². The van der Waals surface area contributed by atoms with Crippen LogP contribution in [0.4, 0.5) is 13.2 Å². The van der Waals surface area contributed by atoms with Gasteiger partial charge >= 0.3 is 6.18 Å². The molecule has 20 heavy (non-hydrogen) atoms. The summed E-state index contributed by atoms with van der Waals surface area (Å²) in [6.07, 6.45) is -4.48. The maximum atomic E-state index is 12.0. The zero-order valence-electron chi connectivity index (χ0n) is 11.3. The van der Waals surface area contributed by atoms with Gasteiger partial charge < -0.3 is 10.2 Å². The fourth-order valence-corrected chi connectivity index (χ4v) is 1.60. The molecule has 0 radical (unpaired) electrons. The largest absolute Gasteiger partial charge is 0.405 e. The molecule has 0 saturated carbocycles. The average Bonchev–Trinajstić information content (AvgIpc) is 2.64. The van der Waals surface area contributed by atoms with E-state index in [2.05, 4.69) is 10.2 Å². The van der Waals surface area contributed by atoms with Gasteiger partial charge in [-0.3, -0.25) is 14.7 Å². The molecule has 0 spiro atoms. The van der Waals surface area contributed by atoms with E-state index in [-0.39, 0.29) is 0 Å². The number of aromatic nitrogens is 2. The molecule has 112 valence electrons. The second-order valence-corrected chi connectivity index (χ2v) is 4.36. The zero-order chi connectivity index (χ0) is 15.5. The molecule has 0 bridgehead atoms. The molecule has 1 aromatic heterocycles. The van der Waals surface area contributed by atoms with Crippen molar-refractivity contribution < 1.29 is 22.8 Å². The van der Waals surface area contributed by atoms with Crippen LogP contribution in [-0.2, 0) is 4.79 Å². The predicted molar refractivity (Wildman–Crippen MR) is 64.1 cm³/mol. The third-order valence-corrected chi connectivity index (χ3v) is 2.56. The van der Waals surface area contributed by atoms with Crippen molar-refractivity contribution >= 4 is 11.8 Å². The molecule has 2 N–H and O–H groups in total. The maximum absolute atomic E-state index is 12.0. The Hall–Kier alpha value is -2.06. The first-order valence-corrected chi connectivity index (χ1v) is 5.72. The monoisotopic (exact) mass is 292 g/mol. The normalized spacial score (nSPS) is 11.3. The molecule has 0 aliphatic carbocycles. The van der Waals surface area contributed by atoms with Crippen LogP contribution in [0.25, 0.3) is 0 Å². The minimum absolute atomic E-state index is 0.316. The predicted octanol–water partition coefficient (Wildman–Crippen LogP) is 0.777. The van der Waals surface area contributed by atoms with Crippen molar-refractivity contribution in [2.45, 2.75) is 20.0 Å². The van der Waals surface area contributed by atoms with Crippen LogP contribution >= 0.6 is 0 Å². The Kier molecular flexibility index (Phi) is 4.74. The van der Waals surface area contributed by atoms with Gasteiger partial charge in [0.05, 0.1) is 17.8 Å². The minimum Gasteiger partial charge on any atom is -0.345 e. The number of hydrogen-bond donors (Lipinski definition) is 2. The number of aryl methyl sites for hydroxylation is 2. The smallest absolute Gasteiger partial charge is 0.345 e. The highest BCUT2D eigenvalue weighted by Crippen LogP contribution is 2.13. The lowest BCUT2D eigenvalue weighted by atomic mass is 10.2. The summed E-state index contributed by atoms with van der Waals surface area (Å²) in [5.74, 6) is -1.35. The molecule has 9 heteroatoms. The van der Waals surface area contributed by atoms with Crippen molar-refractivity contribution in [3.63, 3.8) is 0 Å². The van der Waals surface area contributed by atoms with E-state index < -0.39 is 31.1 Å². The summed E-state index contributed by atoms with van der Waals surface area (Å²) < 4.78 is 35.8. The average molecular weight is 292 g/mol. The summed E-state index contributed by atoms with van der Waals surface area (Å²) in [7, 11) is 1.33. The van der Waals surface area contributed by atoms with Crippen molar-refractivity contribution in [3.8, 4) is 0 Å². The summed E-state index contributed by atoms with van der Waals surface area (Å²) >= 11 is 0. The number of hydrogen-bond acceptors (Lipinski definition) is 3. The van der Waals surface area contributed by atoms with Gasteiger partial charge in [0, 0.05) is 12.7 Å². The van der Waals surface area contributed by atoms with E-state index in [1.807, 2.05) is 0 Å². The molecule has 0 aliphatic heterocycles.